The normalized spacial score (nSPS) is 20.4. The molecule has 0 radical (unpaired) electrons. The van der Waals surface area contributed by atoms with E-state index in [0.29, 0.717) is 17.7 Å². The van der Waals surface area contributed by atoms with Gasteiger partial charge >= 0.3 is 6.09 Å². The Labute approximate surface area is 132 Å². The lowest BCUT2D eigenvalue weighted by Gasteiger charge is -2.27. The molecule has 1 atom stereocenters. The first kappa shape index (κ1) is 15.3. The second-order valence-electron chi connectivity index (χ2n) is 5.49. The molecule has 0 aromatic heterocycles. The average molecular weight is 321 g/mol. The zero-order chi connectivity index (χ0) is 16.7. The molecule has 1 saturated heterocycles. The number of fused-ring (bicyclic) bond motifs is 1. The smallest absolute Gasteiger partial charge is 0.415 e. The van der Waals surface area contributed by atoms with Gasteiger partial charge in [-0.05, 0) is 24.1 Å². The van der Waals surface area contributed by atoms with Crippen molar-refractivity contribution in [1.29, 1.82) is 0 Å². The molecule has 1 fully saturated rings. The lowest BCUT2D eigenvalue weighted by Crippen LogP contribution is -2.35. The van der Waals surface area contributed by atoms with E-state index in [-0.39, 0.29) is 24.6 Å². The van der Waals surface area contributed by atoms with E-state index in [4.69, 9.17) is 4.74 Å². The Morgan fingerprint density at radius 1 is 1.35 bits per heavy atom. The van der Waals surface area contributed by atoms with Gasteiger partial charge in [-0.15, -0.1) is 0 Å². The molecule has 3 rings (SSSR count). The molecule has 122 valence electrons. The van der Waals surface area contributed by atoms with E-state index in [1.54, 1.807) is 6.07 Å². The van der Waals surface area contributed by atoms with Crippen molar-refractivity contribution in [3.8, 4) is 0 Å². The highest BCUT2D eigenvalue weighted by Crippen LogP contribution is 2.34. The van der Waals surface area contributed by atoms with Gasteiger partial charge in [-0.25, -0.2) is 9.18 Å². The van der Waals surface area contributed by atoms with E-state index in [1.807, 2.05) is 0 Å². The van der Waals surface area contributed by atoms with Gasteiger partial charge in [-0.1, -0.05) is 0 Å². The fraction of sp³-hybridized carbons (Fsp3) is 0.400. The number of likely N-dealkylation sites (N-methyl/N-ethyl adjacent to an activating group) is 1. The number of nitrogens with one attached hydrogen (secondary N) is 1. The minimum atomic E-state index is -0.921. The average Bonchev–Trinajstić information content (AvgIpc) is 2.91. The number of ether oxygens (including phenoxy) is 1. The summed E-state index contributed by atoms with van der Waals surface area (Å²) < 4.78 is 19.4. The van der Waals surface area contributed by atoms with Crippen LogP contribution in [-0.2, 0) is 20.7 Å². The van der Waals surface area contributed by atoms with Crippen molar-refractivity contribution in [2.75, 3.05) is 30.4 Å². The molecule has 1 N–H and O–H groups in total. The predicted octanol–water partition coefficient (Wildman–Crippen LogP) is 0.806. The first-order valence-electron chi connectivity index (χ1n) is 7.21. The number of aryl methyl sites for hydroxylation is 1. The van der Waals surface area contributed by atoms with Gasteiger partial charge in [-0.2, -0.15) is 0 Å². The van der Waals surface area contributed by atoms with Crippen LogP contribution in [-0.4, -0.2) is 44.7 Å². The minimum Gasteiger partial charge on any atom is -0.434 e. The van der Waals surface area contributed by atoms with Gasteiger partial charge in [-0.3, -0.25) is 14.5 Å². The van der Waals surface area contributed by atoms with Crippen LogP contribution in [0.15, 0.2) is 12.1 Å². The lowest BCUT2D eigenvalue weighted by atomic mass is 10.00. The molecule has 8 heteroatoms. The number of hydrogen-bond donors (Lipinski definition) is 1. The first-order valence-corrected chi connectivity index (χ1v) is 7.21. The summed E-state index contributed by atoms with van der Waals surface area (Å²) in [5.74, 6) is -1.14. The number of nitrogens with zero attached hydrogens (tertiary/aromatic N) is 2. The molecule has 0 aliphatic carbocycles. The van der Waals surface area contributed by atoms with Crippen molar-refractivity contribution in [3.05, 3.63) is 23.5 Å². The highest BCUT2D eigenvalue weighted by molar-refractivity contribution is 5.98. The van der Waals surface area contributed by atoms with Gasteiger partial charge in [0.05, 0.1) is 17.9 Å². The standard InChI is InChI=1S/C15H16FN3O4/c1-17-14(21)11-7-19(15(22)23-11)9-5-8-3-4-12(20)18(2)13(8)10(16)6-9/h5-6,11H,3-4,7H2,1-2H3,(H,17,21). The van der Waals surface area contributed by atoms with E-state index in [2.05, 4.69) is 5.32 Å². The fourth-order valence-corrected chi connectivity index (χ4v) is 2.87. The summed E-state index contributed by atoms with van der Waals surface area (Å²) in [6.07, 6.45) is -0.919. The molecule has 2 aliphatic rings. The van der Waals surface area contributed by atoms with Crippen LogP contribution in [0.4, 0.5) is 20.6 Å². The molecule has 2 heterocycles. The van der Waals surface area contributed by atoms with Crippen molar-refractivity contribution in [2.45, 2.75) is 18.9 Å². The molecule has 0 bridgehead atoms. The van der Waals surface area contributed by atoms with Crippen LogP contribution in [0.5, 0.6) is 0 Å². The molecule has 3 amide bonds. The number of benzene rings is 1. The van der Waals surface area contributed by atoms with E-state index in [0.717, 1.165) is 0 Å². The molecule has 1 unspecified atom stereocenters. The molecular weight excluding hydrogens is 305 g/mol. The SMILES string of the molecule is CNC(=O)C1CN(c2cc(F)c3c(c2)CCC(=O)N3C)C(=O)O1. The van der Waals surface area contributed by atoms with Gasteiger partial charge in [0.1, 0.15) is 5.82 Å². The summed E-state index contributed by atoms with van der Waals surface area (Å²) in [4.78, 5) is 37.7. The van der Waals surface area contributed by atoms with E-state index >= 15 is 0 Å². The number of hydrogen-bond acceptors (Lipinski definition) is 4. The monoisotopic (exact) mass is 321 g/mol. The van der Waals surface area contributed by atoms with Gasteiger partial charge in [0.2, 0.25) is 5.91 Å². The number of rotatable bonds is 2. The van der Waals surface area contributed by atoms with Crippen molar-refractivity contribution in [3.63, 3.8) is 0 Å². The van der Waals surface area contributed by atoms with Crippen LogP contribution in [0.3, 0.4) is 0 Å². The number of amides is 3. The summed E-state index contributed by atoms with van der Waals surface area (Å²) in [5.41, 5.74) is 1.21. The maximum absolute atomic E-state index is 14.4. The van der Waals surface area contributed by atoms with Crippen molar-refractivity contribution >= 4 is 29.3 Å². The molecule has 0 spiro atoms. The van der Waals surface area contributed by atoms with E-state index < -0.39 is 23.9 Å². The van der Waals surface area contributed by atoms with Crippen molar-refractivity contribution in [1.82, 2.24) is 5.32 Å². The summed E-state index contributed by atoms with van der Waals surface area (Å²) >= 11 is 0. The quantitative estimate of drug-likeness (QED) is 0.874. The Kier molecular flexibility index (Phi) is 3.67. The van der Waals surface area contributed by atoms with Gasteiger partial charge < -0.3 is 15.0 Å². The van der Waals surface area contributed by atoms with Gasteiger partial charge in [0.15, 0.2) is 6.10 Å². The van der Waals surface area contributed by atoms with Crippen LogP contribution < -0.4 is 15.1 Å². The highest BCUT2D eigenvalue weighted by atomic mass is 19.1. The molecule has 2 aliphatic heterocycles. The zero-order valence-electron chi connectivity index (χ0n) is 12.8. The summed E-state index contributed by atoms with van der Waals surface area (Å²) in [5, 5.41) is 2.41. The Morgan fingerprint density at radius 2 is 2.09 bits per heavy atom. The molecule has 1 aromatic rings. The van der Waals surface area contributed by atoms with Crippen LogP contribution >= 0.6 is 0 Å². The van der Waals surface area contributed by atoms with Crippen LogP contribution in [0.1, 0.15) is 12.0 Å². The summed E-state index contributed by atoms with van der Waals surface area (Å²) in [6, 6.07) is 2.84. The Morgan fingerprint density at radius 3 is 2.78 bits per heavy atom. The second-order valence-corrected chi connectivity index (χ2v) is 5.49. The molecular formula is C15H16FN3O4. The fourth-order valence-electron chi connectivity index (χ4n) is 2.87. The maximum atomic E-state index is 14.4. The molecule has 0 saturated carbocycles. The summed E-state index contributed by atoms with van der Waals surface area (Å²) in [6.45, 7) is 0.0193. The van der Waals surface area contributed by atoms with Gasteiger partial charge in [0, 0.05) is 20.5 Å². The van der Waals surface area contributed by atoms with Crippen molar-refractivity contribution in [2.24, 2.45) is 0 Å². The third-order valence-electron chi connectivity index (χ3n) is 4.11. The highest BCUT2D eigenvalue weighted by Gasteiger charge is 2.37. The van der Waals surface area contributed by atoms with Crippen LogP contribution in [0, 0.1) is 5.82 Å². The predicted molar refractivity (Wildman–Crippen MR) is 79.8 cm³/mol. The number of carbonyl (C=O) groups is 3. The Bertz CT molecular complexity index is 706. The Balaban J connectivity index is 1.93. The lowest BCUT2D eigenvalue weighted by molar-refractivity contribution is -0.127. The molecule has 23 heavy (non-hydrogen) atoms. The number of carbonyl (C=O) groups excluding carboxylic acids is 3. The number of halogens is 1. The molecule has 1 aromatic carbocycles. The van der Waals surface area contributed by atoms with E-state index in [1.165, 1.54) is 30.0 Å². The summed E-state index contributed by atoms with van der Waals surface area (Å²) in [7, 11) is 2.97. The third kappa shape index (κ3) is 2.49. The second kappa shape index (κ2) is 5.53. The maximum Gasteiger partial charge on any atom is 0.415 e. The topological polar surface area (TPSA) is 79.0 Å². The zero-order valence-corrected chi connectivity index (χ0v) is 12.8. The minimum absolute atomic E-state index is 0.0193. The van der Waals surface area contributed by atoms with Crippen LogP contribution in [0.2, 0.25) is 0 Å². The Hall–Kier alpha value is -2.64. The van der Waals surface area contributed by atoms with Gasteiger partial charge in [0.25, 0.3) is 5.91 Å². The number of anilines is 2. The van der Waals surface area contributed by atoms with E-state index in [9.17, 15) is 18.8 Å². The van der Waals surface area contributed by atoms with Crippen LogP contribution in [0.25, 0.3) is 0 Å². The largest absolute Gasteiger partial charge is 0.434 e. The third-order valence-corrected chi connectivity index (χ3v) is 4.11. The van der Waals surface area contributed by atoms with Crippen molar-refractivity contribution < 1.29 is 23.5 Å². The first-order chi connectivity index (χ1) is 10.9. The number of cyclic esters (lactones) is 1. The molecule has 7 nitrogen and oxygen atoms in total.